The number of ether oxygens (including phenoxy) is 4. The number of fused-ring (bicyclic) bond motifs is 2. The molecule has 17 nitrogen and oxygen atoms in total. The number of aliphatic hydroxyl groups excluding tert-OH is 2. The molecule has 2 aromatic heterocycles. The first-order valence-corrected chi connectivity index (χ1v) is 26.4. The molecule has 0 bridgehead atoms. The van der Waals surface area contributed by atoms with Crippen molar-refractivity contribution in [2.75, 3.05) is 43.5 Å². The minimum Gasteiger partial charge on any atom is -1.00 e. The number of hydrogen-bond acceptors (Lipinski definition) is 13. The largest absolute Gasteiger partial charge is 1.00 e. The van der Waals surface area contributed by atoms with Gasteiger partial charge in [-0.15, -0.1) is 0 Å². The number of rotatable bonds is 18. The number of aliphatic hydroxyl groups is 2. The predicted molar refractivity (Wildman–Crippen MR) is 320 cm³/mol. The van der Waals surface area contributed by atoms with Crippen LogP contribution < -0.4 is 60.3 Å². The van der Waals surface area contributed by atoms with Crippen LogP contribution in [0.4, 0.5) is 21.0 Å². The van der Waals surface area contributed by atoms with Crippen molar-refractivity contribution in [3.8, 4) is 11.5 Å². The van der Waals surface area contributed by atoms with Crippen molar-refractivity contribution in [3.63, 3.8) is 0 Å². The van der Waals surface area contributed by atoms with Gasteiger partial charge in [-0.25, -0.2) is 9.59 Å². The molecule has 0 aliphatic heterocycles. The van der Waals surface area contributed by atoms with Gasteiger partial charge in [0, 0.05) is 80.6 Å². The van der Waals surface area contributed by atoms with Gasteiger partial charge in [0.15, 0.2) is 12.4 Å². The number of nitrogens with zero attached hydrogens (tertiary/aromatic N) is 2. The fourth-order valence-corrected chi connectivity index (χ4v) is 7.90. The van der Waals surface area contributed by atoms with Crippen LogP contribution in [0.25, 0.3) is 21.5 Å². The van der Waals surface area contributed by atoms with Gasteiger partial charge in [0.1, 0.15) is 35.4 Å². The standard InChI is InChI=1S/C31H33N3O5.C31H31N3O5.C2H6O.B.Na.H/c2*1-31(2,3)39-30(37)33-19-27(29(36)34-25-12-9-24-18-32-16-15-23(24)17-25)21-10-13-26(14-11-21)38-20-28(35)22-7-5-4-6-8-22;1-2-3;;;/h4-18,27-28,35H,19-20H2,1-3H3,(H,33,37)(H,34,36);4-18,27H,19-20H2,1-3H3,(H,33,37)(H,34,36);3H,2H2,1H3;;;/q;;;;+1;-1. The summed E-state index contributed by atoms with van der Waals surface area (Å²) in [5.74, 6) is -1.09. The Morgan fingerprint density at radius 2 is 0.952 bits per heavy atom. The molecule has 0 saturated carbocycles. The second kappa shape index (κ2) is 33.1. The molecule has 6 N–H and O–H groups in total. The van der Waals surface area contributed by atoms with Gasteiger partial charge in [0.25, 0.3) is 0 Å². The second-order valence-electron chi connectivity index (χ2n) is 20.5. The van der Waals surface area contributed by atoms with E-state index in [-0.39, 0.29) is 89.9 Å². The molecule has 6 aromatic carbocycles. The number of anilines is 2. The van der Waals surface area contributed by atoms with E-state index in [0.29, 0.717) is 39.6 Å². The van der Waals surface area contributed by atoms with Gasteiger partial charge in [-0.2, -0.15) is 0 Å². The molecule has 19 heteroatoms. The topological polar surface area (TPSA) is 237 Å². The molecule has 3 atom stereocenters. The number of pyridine rings is 2. The summed E-state index contributed by atoms with van der Waals surface area (Å²) in [4.78, 5) is 72.1. The van der Waals surface area contributed by atoms with Crippen LogP contribution in [-0.4, -0.2) is 102 Å². The van der Waals surface area contributed by atoms with Crippen LogP contribution in [0.2, 0.25) is 0 Å². The zero-order valence-corrected chi connectivity index (χ0v) is 50.1. The number of amides is 4. The fraction of sp³-hybridized carbons (Fsp3) is 0.266. The van der Waals surface area contributed by atoms with Crippen molar-refractivity contribution in [1.29, 1.82) is 0 Å². The first-order valence-electron chi connectivity index (χ1n) is 26.4. The van der Waals surface area contributed by atoms with Crippen LogP contribution >= 0.6 is 0 Å². The molecule has 4 amide bonds. The van der Waals surface area contributed by atoms with Crippen molar-refractivity contribution in [3.05, 3.63) is 205 Å². The molecule has 83 heavy (non-hydrogen) atoms. The minimum absolute atomic E-state index is 0. The van der Waals surface area contributed by atoms with Crippen LogP contribution in [-0.2, 0) is 19.1 Å². The van der Waals surface area contributed by atoms with Crippen LogP contribution in [0.5, 0.6) is 11.5 Å². The number of hydrogen-bond donors (Lipinski definition) is 6. The minimum atomic E-state index is -0.764. The summed E-state index contributed by atoms with van der Waals surface area (Å²) in [7, 11) is 0. The second-order valence-corrected chi connectivity index (χ2v) is 20.5. The third-order valence-electron chi connectivity index (χ3n) is 11.8. The molecule has 0 spiro atoms. The van der Waals surface area contributed by atoms with Crippen molar-refractivity contribution < 1.29 is 84.1 Å². The molecule has 0 aliphatic rings. The van der Waals surface area contributed by atoms with Crippen molar-refractivity contribution in [2.24, 2.45) is 0 Å². The van der Waals surface area contributed by atoms with E-state index in [1.165, 1.54) is 0 Å². The van der Waals surface area contributed by atoms with Crippen LogP contribution in [0.3, 0.4) is 0 Å². The first-order chi connectivity index (χ1) is 38.8. The van der Waals surface area contributed by atoms with Gasteiger partial charge in [-0.1, -0.05) is 97.1 Å². The quantitative estimate of drug-likeness (QED) is 0.0353. The summed E-state index contributed by atoms with van der Waals surface area (Å²) in [6, 6.07) is 47.0. The Hall–Kier alpha value is -8.13. The van der Waals surface area contributed by atoms with E-state index in [0.717, 1.165) is 27.1 Å². The zero-order chi connectivity index (χ0) is 58.4. The molecule has 8 aromatic rings. The van der Waals surface area contributed by atoms with E-state index in [1.807, 2.05) is 78.9 Å². The summed E-state index contributed by atoms with van der Waals surface area (Å²) in [6.45, 7) is 12.6. The Balaban J connectivity index is 0.000000407. The molecule has 0 saturated heterocycles. The SMILES string of the molecule is CC(C)(C)OC(=O)NCC(C(=O)Nc1ccc2cnccc2c1)c1ccc(OCC(=O)c2ccccc2)cc1.CC(C)(C)OC(=O)NCC(C(=O)Nc1ccc2cnccc2c1)c1ccc(OCC(O)c2ccccc2)cc1.CCO.[B].[H-].[Na+]. The Bertz CT molecular complexity index is 3340. The molecule has 427 valence electrons. The Kier molecular flexibility index (Phi) is 26.9. The Labute approximate surface area is 510 Å². The molecule has 2 heterocycles. The summed E-state index contributed by atoms with van der Waals surface area (Å²) in [5.41, 5.74) is 2.62. The predicted octanol–water partition coefficient (Wildman–Crippen LogP) is 8.07. The van der Waals surface area contributed by atoms with Crippen molar-refractivity contribution >= 4 is 71.1 Å². The number of carbonyl (C=O) groups excluding carboxylic acids is 5. The third kappa shape index (κ3) is 22.6. The summed E-state index contributed by atoms with van der Waals surface area (Å²) < 4.78 is 22.1. The summed E-state index contributed by atoms with van der Waals surface area (Å²) in [6.07, 6.45) is 4.93. The van der Waals surface area contributed by atoms with Gasteiger partial charge >= 0.3 is 41.7 Å². The van der Waals surface area contributed by atoms with Gasteiger partial charge in [-0.05, 0) is 137 Å². The van der Waals surface area contributed by atoms with Crippen molar-refractivity contribution in [2.45, 2.75) is 77.6 Å². The van der Waals surface area contributed by atoms with Crippen LogP contribution in [0.1, 0.15) is 94.9 Å². The number of nitrogens with one attached hydrogen (secondary N) is 4. The maximum atomic E-state index is 13.4. The number of aromatic nitrogens is 2. The smallest absolute Gasteiger partial charge is 1.00 e. The molecule has 0 aliphatic carbocycles. The first kappa shape index (κ1) is 67.4. The molecule has 3 unspecified atom stereocenters. The fourth-order valence-electron chi connectivity index (χ4n) is 7.90. The monoisotopic (exact) mass is 1130 g/mol. The number of alkyl carbamates (subject to hydrolysis) is 2. The number of carbonyl (C=O) groups is 5. The van der Waals surface area contributed by atoms with Gasteiger partial charge in [0.05, 0.1) is 11.8 Å². The van der Waals surface area contributed by atoms with E-state index < -0.39 is 41.3 Å². The number of ketones is 1. The molecule has 0 fully saturated rings. The number of Topliss-reactive ketones (excluding diaryl/α,β-unsaturated/α-hetero) is 1. The van der Waals surface area contributed by atoms with E-state index in [9.17, 15) is 29.1 Å². The van der Waals surface area contributed by atoms with Crippen LogP contribution in [0, 0.1) is 0 Å². The Morgan fingerprint density at radius 3 is 1.37 bits per heavy atom. The molecule has 8 rings (SSSR count). The average molecular weight is 1130 g/mol. The van der Waals surface area contributed by atoms with Crippen molar-refractivity contribution in [1.82, 2.24) is 20.6 Å². The molecular formula is C64H71BN6NaO11. The maximum Gasteiger partial charge on any atom is 1.00 e. The average Bonchev–Trinajstić information content (AvgIpc) is 3.63. The molecule has 3 radical (unpaired) electrons. The molecular weight excluding hydrogens is 1060 g/mol. The van der Waals surface area contributed by atoms with Gasteiger partial charge in [0.2, 0.25) is 11.8 Å². The summed E-state index contributed by atoms with van der Waals surface area (Å²) >= 11 is 0. The maximum absolute atomic E-state index is 13.4. The zero-order valence-electron chi connectivity index (χ0n) is 49.1. The van der Waals surface area contributed by atoms with E-state index in [4.69, 9.17) is 24.1 Å². The summed E-state index contributed by atoms with van der Waals surface area (Å²) in [5, 5.41) is 33.1. The Morgan fingerprint density at radius 1 is 0.542 bits per heavy atom. The van der Waals surface area contributed by atoms with E-state index >= 15 is 0 Å². The van der Waals surface area contributed by atoms with E-state index in [1.54, 1.807) is 152 Å². The normalized spacial score (nSPS) is 11.8. The van der Waals surface area contributed by atoms with E-state index in [2.05, 4.69) is 31.2 Å². The number of benzene rings is 6. The van der Waals surface area contributed by atoms with Gasteiger partial charge in [-0.3, -0.25) is 24.4 Å². The third-order valence-corrected chi connectivity index (χ3v) is 11.8. The van der Waals surface area contributed by atoms with Crippen LogP contribution in [0.15, 0.2) is 183 Å². The van der Waals surface area contributed by atoms with Gasteiger partial charge < -0.3 is 51.9 Å².